The molecular weight excluding hydrogens is 553 g/mol. The van der Waals surface area contributed by atoms with Crippen molar-refractivity contribution in [1.29, 1.82) is 0 Å². The Balaban J connectivity index is 2.26. The highest BCUT2D eigenvalue weighted by molar-refractivity contribution is 14.1. The van der Waals surface area contributed by atoms with Gasteiger partial charge in [-0.2, -0.15) is 0 Å². The van der Waals surface area contributed by atoms with Gasteiger partial charge in [0, 0.05) is 15.7 Å². The predicted octanol–water partition coefficient (Wildman–Crippen LogP) is 3.79. The first-order valence-electron chi connectivity index (χ1n) is 8.16. The summed E-state index contributed by atoms with van der Waals surface area (Å²) in [6, 6.07) is 6.48. The molecule has 2 rings (SSSR count). The number of aryl methyl sites for hydroxylation is 1. The van der Waals surface area contributed by atoms with E-state index in [0.29, 0.717) is 5.69 Å². The second kappa shape index (κ2) is 10.4. The van der Waals surface area contributed by atoms with Gasteiger partial charge in [-0.25, -0.2) is 14.3 Å². The number of carbonyl (C=O) groups is 1. The van der Waals surface area contributed by atoms with E-state index in [1.807, 2.05) is 6.07 Å². The standard InChI is InChI=1S/C18H18BrF2IN2O4/c1-9-6-10(22)2-3-14(9)23-17-12(7-13(19)15(20)16(17)21)18(27)24-28-5-4-11(26)8-25/h2-3,6-7,11,23,25-26H,4-5,8H2,1H3,(H,24,27). The molecule has 0 fully saturated rings. The molecule has 1 amide bonds. The number of aliphatic hydroxyl groups excluding tert-OH is 2. The lowest BCUT2D eigenvalue weighted by Crippen LogP contribution is -2.27. The number of carbonyl (C=O) groups excluding carboxylic acids is 1. The van der Waals surface area contributed by atoms with E-state index in [-0.39, 0.29) is 28.8 Å². The zero-order valence-electron chi connectivity index (χ0n) is 14.7. The fourth-order valence-electron chi connectivity index (χ4n) is 2.26. The number of aliphatic hydroxyl groups is 2. The van der Waals surface area contributed by atoms with Gasteiger partial charge in [-0.15, -0.1) is 0 Å². The molecule has 10 heteroatoms. The van der Waals surface area contributed by atoms with Crippen LogP contribution in [0.4, 0.5) is 20.2 Å². The molecule has 0 aliphatic carbocycles. The lowest BCUT2D eigenvalue weighted by atomic mass is 10.1. The zero-order valence-corrected chi connectivity index (χ0v) is 18.5. The number of hydrogen-bond donors (Lipinski definition) is 4. The summed E-state index contributed by atoms with van der Waals surface area (Å²) < 4.78 is 29.4. The van der Waals surface area contributed by atoms with Crippen molar-refractivity contribution < 1.29 is 28.6 Å². The van der Waals surface area contributed by atoms with Gasteiger partial charge < -0.3 is 15.5 Å². The van der Waals surface area contributed by atoms with Crippen LogP contribution in [0.25, 0.3) is 0 Å². The molecule has 0 spiro atoms. The third-order valence-corrected chi connectivity index (χ3v) is 5.03. The van der Waals surface area contributed by atoms with Gasteiger partial charge in [0.25, 0.3) is 5.91 Å². The summed E-state index contributed by atoms with van der Waals surface area (Å²) in [6.07, 6.45) is -0.888. The van der Waals surface area contributed by atoms with Crippen molar-refractivity contribution in [3.63, 3.8) is 0 Å². The third-order valence-electron chi connectivity index (χ3n) is 3.78. The molecule has 0 heterocycles. The minimum atomic E-state index is -1.21. The SMILES string of the molecule is Cc1cc(I)ccc1Nc1c(C(=O)NOCCC(O)CO)cc(Br)c(F)c1F. The Labute approximate surface area is 182 Å². The van der Waals surface area contributed by atoms with Crippen LogP contribution in [0, 0.1) is 22.1 Å². The molecule has 2 aromatic carbocycles. The number of hydroxylamine groups is 1. The molecule has 1 unspecified atom stereocenters. The zero-order chi connectivity index (χ0) is 20.8. The van der Waals surface area contributed by atoms with Crippen molar-refractivity contribution in [1.82, 2.24) is 5.48 Å². The van der Waals surface area contributed by atoms with Gasteiger partial charge in [-0.1, -0.05) is 0 Å². The summed E-state index contributed by atoms with van der Waals surface area (Å²) in [4.78, 5) is 17.4. The first kappa shape index (κ1) is 22.9. The average molecular weight is 571 g/mol. The Hall–Kier alpha value is -1.34. The molecule has 6 nitrogen and oxygen atoms in total. The smallest absolute Gasteiger partial charge is 0.277 e. The van der Waals surface area contributed by atoms with Crippen LogP contribution < -0.4 is 10.8 Å². The fourth-order valence-corrected chi connectivity index (χ4v) is 3.31. The van der Waals surface area contributed by atoms with Crippen molar-refractivity contribution in [2.45, 2.75) is 19.4 Å². The second-order valence-electron chi connectivity index (χ2n) is 5.90. The molecule has 0 saturated carbocycles. The number of hydrogen-bond acceptors (Lipinski definition) is 5. The molecule has 1 atom stereocenters. The molecule has 0 aliphatic heterocycles. The van der Waals surface area contributed by atoms with E-state index in [2.05, 4.69) is 49.3 Å². The van der Waals surface area contributed by atoms with Gasteiger partial charge in [0.1, 0.15) is 0 Å². The highest BCUT2D eigenvalue weighted by atomic mass is 127. The lowest BCUT2D eigenvalue weighted by Gasteiger charge is -2.16. The van der Waals surface area contributed by atoms with Gasteiger partial charge in [-0.05, 0) is 75.3 Å². The Morgan fingerprint density at radius 3 is 2.68 bits per heavy atom. The summed E-state index contributed by atoms with van der Waals surface area (Å²) in [5, 5.41) is 20.8. The number of halogens is 4. The average Bonchev–Trinajstić information content (AvgIpc) is 2.66. The van der Waals surface area contributed by atoms with Crippen LogP contribution in [0.2, 0.25) is 0 Å². The van der Waals surface area contributed by atoms with E-state index in [0.717, 1.165) is 15.2 Å². The summed E-state index contributed by atoms with van der Waals surface area (Å²) in [7, 11) is 0. The van der Waals surface area contributed by atoms with E-state index in [1.54, 1.807) is 19.1 Å². The summed E-state index contributed by atoms with van der Waals surface area (Å²) in [5.74, 6) is -3.15. The third kappa shape index (κ3) is 5.83. The van der Waals surface area contributed by atoms with E-state index < -0.39 is 30.3 Å². The predicted molar refractivity (Wildman–Crippen MR) is 112 cm³/mol. The Kier molecular flexibility index (Phi) is 8.56. The molecule has 0 saturated heterocycles. The van der Waals surface area contributed by atoms with Crippen LogP contribution in [-0.2, 0) is 4.84 Å². The molecule has 28 heavy (non-hydrogen) atoms. The minimum Gasteiger partial charge on any atom is -0.394 e. The maximum absolute atomic E-state index is 14.6. The number of rotatable bonds is 8. The molecule has 2 aromatic rings. The van der Waals surface area contributed by atoms with Crippen molar-refractivity contribution in [3.8, 4) is 0 Å². The molecule has 0 radical (unpaired) electrons. The Morgan fingerprint density at radius 1 is 1.32 bits per heavy atom. The van der Waals surface area contributed by atoms with Crippen molar-refractivity contribution >= 4 is 55.8 Å². The highest BCUT2D eigenvalue weighted by Gasteiger charge is 2.22. The van der Waals surface area contributed by atoms with Crippen molar-refractivity contribution in [2.75, 3.05) is 18.5 Å². The van der Waals surface area contributed by atoms with Crippen molar-refractivity contribution in [2.24, 2.45) is 0 Å². The normalized spacial score (nSPS) is 12.0. The van der Waals surface area contributed by atoms with E-state index >= 15 is 0 Å². The first-order chi connectivity index (χ1) is 13.2. The molecule has 4 N–H and O–H groups in total. The van der Waals surface area contributed by atoms with Crippen LogP contribution >= 0.6 is 38.5 Å². The maximum Gasteiger partial charge on any atom is 0.277 e. The van der Waals surface area contributed by atoms with Crippen molar-refractivity contribution in [3.05, 3.63) is 55.1 Å². The lowest BCUT2D eigenvalue weighted by molar-refractivity contribution is 0.00704. The second-order valence-corrected chi connectivity index (χ2v) is 8.00. The van der Waals surface area contributed by atoms with Crippen LogP contribution in [0.3, 0.4) is 0 Å². The van der Waals surface area contributed by atoms with Crippen LogP contribution in [-0.4, -0.2) is 35.4 Å². The molecule has 152 valence electrons. The monoisotopic (exact) mass is 570 g/mol. The quantitative estimate of drug-likeness (QED) is 0.168. The topological polar surface area (TPSA) is 90.8 Å². The van der Waals surface area contributed by atoms with E-state index in [4.69, 9.17) is 9.94 Å². The highest BCUT2D eigenvalue weighted by Crippen LogP contribution is 2.32. The van der Waals surface area contributed by atoms with Gasteiger partial charge in [0.2, 0.25) is 0 Å². The molecule has 0 aromatic heterocycles. The number of benzene rings is 2. The summed E-state index contributed by atoms with van der Waals surface area (Å²) in [5.41, 5.74) is 2.92. The maximum atomic E-state index is 14.6. The summed E-state index contributed by atoms with van der Waals surface area (Å²) >= 11 is 5.02. The van der Waals surface area contributed by atoms with Gasteiger partial charge in [-0.3, -0.25) is 9.63 Å². The van der Waals surface area contributed by atoms with Gasteiger partial charge >= 0.3 is 0 Å². The molecule has 0 bridgehead atoms. The van der Waals surface area contributed by atoms with Gasteiger partial charge in [0.05, 0.1) is 35.0 Å². The number of amides is 1. The van der Waals surface area contributed by atoms with E-state index in [9.17, 15) is 18.7 Å². The number of anilines is 2. The Morgan fingerprint density at radius 2 is 2.04 bits per heavy atom. The minimum absolute atomic E-state index is 0.0721. The Bertz CT molecular complexity index is 870. The first-order valence-corrected chi connectivity index (χ1v) is 10.0. The summed E-state index contributed by atoms with van der Waals surface area (Å²) in [6.45, 7) is 1.29. The number of nitrogens with one attached hydrogen (secondary N) is 2. The van der Waals surface area contributed by atoms with E-state index in [1.165, 1.54) is 0 Å². The van der Waals surface area contributed by atoms with Crippen LogP contribution in [0.15, 0.2) is 28.7 Å². The fraction of sp³-hybridized carbons (Fsp3) is 0.278. The molecular formula is C18H18BrF2IN2O4. The molecule has 0 aliphatic rings. The van der Waals surface area contributed by atoms with Crippen LogP contribution in [0.5, 0.6) is 0 Å². The van der Waals surface area contributed by atoms with Gasteiger partial charge in [0.15, 0.2) is 11.6 Å². The largest absolute Gasteiger partial charge is 0.394 e. The van der Waals surface area contributed by atoms with Crippen LogP contribution in [0.1, 0.15) is 22.3 Å².